The summed E-state index contributed by atoms with van der Waals surface area (Å²) in [6.45, 7) is 5.72. The van der Waals surface area contributed by atoms with Crippen molar-refractivity contribution in [3.05, 3.63) is 41.2 Å². The molecule has 24 heavy (non-hydrogen) atoms. The molecule has 1 aliphatic heterocycles. The number of anilines is 1. The lowest BCUT2D eigenvalue weighted by atomic mass is 9.73. The zero-order valence-electron chi connectivity index (χ0n) is 14.1. The van der Waals surface area contributed by atoms with Crippen molar-refractivity contribution in [2.45, 2.75) is 40.0 Å². The molecule has 0 unspecified atom stereocenters. The van der Waals surface area contributed by atoms with Gasteiger partial charge >= 0.3 is 0 Å². The topological polar surface area (TPSA) is 74.7 Å². The second-order valence-electron chi connectivity index (χ2n) is 7.46. The van der Waals surface area contributed by atoms with Gasteiger partial charge in [0.15, 0.2) is 5.78 Å². The third-order valence-electron chi connectivity index (χ3n) is 4.68. The number of hydrogen-bond acceptors (Lipinski definition) is 4. The van der Waals surface area contributed by atoms with E-state index in [0.717, 1.165) is 10.5 Å². The molecule has 1 heterocycles. The normalized spacial score (nSPS) is 24.0. The van der Waals surface area contributed by atoms with Crippen LogP contribution < -0.4 is 4.90 Å². The van der Waals surface area contributed by atoms with E-state index < -0.39 is 11.8 Å². The Balaban J connectivity index is 1.94. The fraction of sp³-hybridized carbons (Fsp3) is 0.421. The highest BCUT2D eigenvalue weighted by Gasteiger charge is 2.46. The summed E-state index contributed by atoms with van der Waals surface area (Å²) in [4.78, 5) is 38.7. The maximum atomic E-state index is 12.8. The lowest BCUT2D eigenvalue weighted by Crippen LogP contribution is -2.34. The lowest BCUT2D eigenvalue weighted by Gasteiger charge is -2.30. The molecular formula is C19H21NO4. The first kappa shape index (κ1) is 16.4. The molecule has 0 aromatic heterocycles. The Bertz CT molecular complexity index is 758. The van der Waals surface area contributed by atoms with Gasteiger partial charge in [-0.15, -0.1) is 0 Å². The van der Waals surface area contributed by atoms with Crippen molar-refractivity contribution in [1.82, 2.24) is 0 Å². The first-order valence-corrected chi connectivity index (χ1v) is 8.08. The molecule has 1 aliphatic carbocycles. The van der Waals surface area contributed by atoms with Gasteiger partial charge in [0.2, 0.25) is 11.8 Å². The van der Waals surface area contributed by atoms with Gasteiger partial charge in [0, 0.05) is 24.8 Å². The molecule has 1 saturated heterocycles. The standard InChI is InChI=1S/C19H21NO4/c1-11-4-6-12(7-5-11)20-16(23)8-13(18(20)24)17-14(21)9-19(2,3)10-15(17)22/h4-7,13,21H,8-10H2,1-3H3/t13-/m1/s1. The molecule has 0 radical (unpaired) electrons. The minimum absolute atomic E-state index is 0.0480. The number of imide groups is 1. The number of hydrogen-bond donors (Lipinski definition) is 1. The quantitative estimate of drug-likeness (QED) is 0.847. The molecule has 1 aromatic rings. The molecule has 0 saturated carbocycles. The van der Waals surface area contributed by atoms with Crippen LogP contribution in [-0.2, 0) is 14.4 Å². The zero-order chi connectivity index (χ0) is 17.6. The molecule has 3 rings (SSSR count). The van der Waals surface area contributed by atoms with E-state index in [1.807, 2.05) is 32.9 Å². The van der Waals surface area contributed by atoms with Crippen molar-refractivity contribution in [1.29, 1.82) is 0 Å². The first-order valence-electron chi connectivity index (χ1n) is 8.08. The van der Waals surface area contributed by atoms with Crippen LogP contribution in [0.5, 0.6) is 0 Å². The van der Waals surface area contributed by atoms with Crippen LogP contribution in [0.15, 0.2) is 35.6 Å². The largest absolute Gasteiger partial charge is 0.512 e. The molecule has 0 bridgehead atoms. The minimum atomic E-state index is -0.873. The maximum absolute atomic E-state index is 12.8. The van der Waals surface area contributed by atoms with E-state index in [4.69, 9.17) is 0 Å². The highest BCUT2D eigenvalue weighted by atomic mass is 16.3. The van der Waals surface area contributed by atoms with Gasteiger partial charge in [0.05, 0.1) is 11.6 Å². The van der Waals surface area contributed by atoms with Crippen molar-refractivity contribution in [3.8, 4) is 0 Å². The molecule has 1 fully saturated rings. The number of aryl methyl sites for hydroxylation is 1. The predicted molar refractivity (Wildman–Crippen MR) is 89.5 cm³/mol. The van der Waals surface area contributed by atoms with Crippen LogP contribution in [0.4, 0.5) is 5.69 Å². The third kappa shape index (κ3) is 2.75. The Morgan fingerprint density at radius 1 is 1.08 bits per heavy atom. The van der Waals surface area contributed by atoms with Gasteiger partial charge in [0.25, 0.3) is 0 Å². The average molecular weight is 327 g/mol. The van der Waals surface area contributed by atoms with Crippen molar-refractivity contribution < 1.29 is 19.5 Å². The van der Waals surface area contributed by atoms with E-state index in [2.05, 4.69) is 0 Å². The zero-order valence-corrected chi connectivity index (χ0v) is 14.1. The maximum Gasteiger partial charge on any atom is 0.242 e. The molecule has 5 nitrogen and oxygen atoms in total. The fourth-order valence-corrected chi connectivity index (χ4v) is 3.52. The molecular weight excluding hydrogens is 306 g/mol. The highest BCUT2D eigenvalue weighted by Crippen LogP contribution is 2.41. The summed E-state index contributed by atoms with van der Waals surface area (Å²) < 4.78 is 0. The summed E-state index contributed by atoms with van der Waals surface area (Å²) >= 11 is 0. The molecule has 5 heteroatoms. The molecule has 1 atom stereocenters. The van der Waals surface area contributed by atoms with E-state index in [1.54, 1.807) is 12.1 Å². The number of amides is 2. The number of aliphatic hydroxyl groups is 1. The van der Waals surface area contributed by atoms with Gasteiger partial charge in [-0.2, -0.15) is 0 Å². The Kier molecular flexibility index (Phi) is 3.82. The first-order chi connectivity index (χ1) is 11.2. The molecule has 0 spiro atoms. The SMILES string of the molecule is Cc1ccc(N2C(=O)C[C@H](C3=C(O)CC(C)(C)CC3=O)C2=O)cc1. The Hall–Kier alpha value is -2.43. The van der Waals surface area contributed by atoms with Crippen molar-refractivity contribution in [3.63, 3.8) is 0 Å². The smallest absolute Gasteiger partial charge is 0.242 e. The van der Waals surface area contributed by atoms with E-state index >= 15 is 0 Å². The van der Waals surface area contributed by atoms with Gasteiger partial charge in [-0.1, -0.05) is 31.5 Å². The van der Waals surface area contributed by atoms with E-state index in [-0.39, 0.29) is 41.3 Å². The summed E-state index contributed by atoms with van der Waals surface area (Å²) in [6.07, 6.45) is 0.545. The van der Waals surface area contributed by atoms with Crippen molar-refractivity contribution in [2.24, 2.45) is 11.3 Å². The van der Waals surface area contributed by atoms with Gasteiger partial charge in [0.1, 0.15) is 5.76 Å². The van der Waals surface area contributed by atoms with Gasteiger partial charge in [-0.25, -0.2) is 0 Å². The van der Waals surface area contributed by atoms with Crippen LogP contribution in [0.3, 0.4) is 0 Å². The second kappa shape index (κ2) is 5.58. The number of benzene rings is 1. The summed E-state index contributed by atoms with van der Waals surface area (Å²) in [5.41, 5.74) is 1.33. The van der Waals surface area contributed by atoms with Crippen LogP contribution in [0, 0.1) is 18.3 Å². The number of allylic oxidation sites excluding steroid dienone is 1. The molecule has 2 aliphatic rings. The number of aliphatic hydroxyl groups excluding tert-OH is 1. The van der Waals surface area contributed by atoms with Gasteiger partial charge < -0.3 is 5.11 Å². The molecule has 2 amide bonds. The second-order valence-corrected chi connectivity index (χ2v) is 7.46. The Morgan fingerprint density at radius 3 is 2.29 bits per heavy atom. The number of carbonyl (C=O) groups excluding carboxylic acids is 3. The van der Waals surface area contributed by atoms with Crippen LogP contribution in [0.1, 0.15) is 38.7 Å². The van der Waals surface area contributed by atoms with Crippen LogP contribution >= 0.6 is 0 Å². The number of carbonyl (C=O) groups is 3. The summed E-state index contributed by atoms with van der Waals surface area (Å²) in [7, 11) is 0. The van der Waals surface area contributed by atoms with E-state index in [1.165, 1.54) is 0 Å². The predicted octanol–water partition coefficient (Wildman–Crippen LogP) is 3.08. The number of rotatable bonds is 2. The van der Waals surface area contributed by atoms with Crippen LogP contribution in [0.25, 0.3) is 0 Å². The lowest BCUT2D eigenvalue weighted by molar-refractivity contribution is -0.124. The molecule has 126 valence electrons. The third-order valence-corrected chi connectivity index (χ3v) is 4.68. The summed E-state index contributed by atoms with van der Waals surface area (Å²) in [5.74, 6) is -1.93. The number of ketones is 1. The van der Waals surface area contributed by atoms with Gasteiger partial charge in [-0.3, -0.25) is 19.3 Å². The number of nitrogens with zero attached hydrogens (tertiary/aromatic N) is 1. The van der Waals surface area contributed by atoms with E-state index in [9.17, 15) is 19.5 Å². The van der Waals surface area contributed by atoms with Gasteiger partial charge in [-0.05, 0) is 24.5 Å². The van der Waals surface area contributed by atoms with Crippen LogP contribution in [-0.4, -0.2) is 22.7 Å². The van der Waals surface area contributed by atoms with Crippen molar-refractivity contribution >= 4 is 23.3 Å². The monoisotopic (exact) mass is 327 g/mol. The number of Topliss-reactive ketones (excluding diaryl/α,β-unsaturated/α-hetero) is 1. The summed E-state index contributed by atoms with van der Waals surface area (Å²) in [5, 5.41) is 10.3. The minimum Gasteiger partial charge on any atom is -0.512 e. The van der Waals surface area contributed by atoms with Crippen molar-refractivity contribution in [2.75, 3.05) is 4.90 Å². The Morgan fingerprint density at radius 2 is 1.71 bits per heavy atom. The highest BCUT2D eigenvalue weighted by molar-refractivity contribution is 6.24. The van der Waals surface area contributed by atoms with Crippen LogP contribution in [0.2, 0.25) is 0 Å². The molecule has 1 N–H and O–H groups in total. The van der Waals surface area contributed by atoms with E-state index in [0.29, 0.717) is 12.1 Å². The average Bonchev–Trinajstić information content (AvgIpc) is 2.73. The summed E-state index contributed by atoms with van der Waals surface area (Å²) in [6, 6.07) is 7.09. The molecule has 1 aromatic carbocycles. The fourth-order valence-electron chi connectivity index (χ4n) is 3.52. The Labute approximate surface area is 141 Å².